The van der Waals surface area contributed by atoms with Gasteiger partial charge >= 0.3 is 0 Å². The van der Waals surface area contributed by atoms with E-state index in [0.717, 1.165) is 36.7 Å². The van der Waals surface area contributed by atoms with Crippen molar-refractivity contribution in [3.8, 4) is 0 Å². The number of nitrogens with one attached hydrogen (secondary N) is 2. The van der Waals surface area contributed by atoms with Crippen molar-refractivity contribution in [1.82, 2.24) is 15.5 Å². The molecule has 0 spiro atoms. The smallest absolute Gasteiger partial charge is 0.153 e. The van der Waals surface area contributed by atoms with Gasteiger partial charge in [0.05, 0.1) is 5.69 Å². The average Bonchev–Trinajstić information content (AvgIpc) is 2.41. The summed E-state index contributed by atoms with van der Waals surface area (Å²) in [6.07, 6.45) is 1.11. The molecule has 4 nitrogen and oxygen atoms in total. The maximum absolute atomic E-state index is 4.11. The molecule has 19 heavy (non-hydrogen) atoms. The van der Waals surface area contributed by atoms with Crippen molar-refractivity contribution in [2.75, 3.05) is 11.9 Å². The van der Waals surface area contributed by atoms with Crippen LogP contribution in [0.25, 0.3) is 0 Å². The summed E-state index contributed by atoms with van der Waals surface area (Å²) >= 11 is 0. The standard InChI is InChI=1S/C14H16N4.ClH/c1-10-2-5-14(18-17-10)16-13-4-3-11-6-7-15-9-12(11)8-13;/h2-5,8,15H,6-7,9H2,1H3,(H,16,18);1H. The van der Waals surface area contributed by atoms with Crippen molar-refractivity contribution in [2.45, 2.75) is 19.9 Å². The fourth-order valence-electron chi connectivity index (χ4n) is 2.17. The van der Waals surface area contributed by atoms with Gasteiger partial charge in [0.25, 0.3) is 0 Å². The van der Waals surface area contributed by atoms with Crippen LogP contribution in [-0.2, 0) is 13.0 Å². The highest BCUT2D eigenvalue weighted by Gasteiger charge is 2.08. The van der Waals surface area contributed by atoms with Crippen LogP contribution in [0.3, 0.4) is 0 Å². The molecule has 2 aromatic rings. The fraction of sp³-hybridized carbons (Fsp3) is 0.286. The quantitative estimate of drug-likeness (QED) is 0.885. The van der Waals surface area contributed by atoms with Crippen molar-refractivity contribution >= 4 is 23.9 Å². The number of aromatic nitrogens is 2. The molecule has 1 aliphatic rings. The largest absolute Gasteiger partial charge is 0.339 e. The molecule has 5 heteroatoms. The SMILES string of the molecule is Cc1ccc(Nc2ccc3c(c2)CNCC3)nn1.Cl. The van der Waals surface area contributed by atoms with Gasteiger partial charge in [-0.1, -0.05) is 6.07 Å². The minimum Gasteiger partial charge on any atom is -0.339 e. The van der Waals surface area contributed by atoms with Gasteiger partial charge in [0, 0.05) is 12.2 Å². The van der Waals surface area contributed by atoms with E-state index < -0.39 is 0 Å². The third-order valence-electron chi connectivity index (χ3n) is 3.16. The van der Waals surface area contributed by atoms with Crippen molar-refractivity contribution in [3.63, 3.8) is 0 Å². The molecule has 0 bridgehead atoms. The molecule has 0 unspecified atom stereocenters. The van der Waals surface area contributed by atoms with Gasteiger partial charge in [-0.2, -0.15) is 5.10 Å². The summed E-state index contributed by atoms with van der Waals surface area (Å²) in [7, 11) is 0. The first-order valence-corrected chi connectivity index (χ1v) is 6.21. The van der Waals surface area contributed by atoms with Crippen LogP contribution in [0.5, 0.6) is 0 Å². The Morgan fingerprint density at radius 2 is 2.00 bits per heavy atom. The number of rotatable bonds is 2. The number of anilines is 2. The van der Waals surface area contributed by atoms with E-state index in [9.17, 15) is 0 Å². The van der Waals surface area contributed by atoms with E-state index in [1.807, 2.05) is 19.1 Å². The van der Waals surface area contributed by atoms with E-state index in [4.69, 9.17) is 0 Å². The Labute approximate surface area is 119 Å². The van der Waals surface area contributed by atoms with E-state index >= 15 is 0 Å². The lowest BCUT2D eigenvalue weighted by Gasteiger charge is -2.18. The van der Waals surface area contributed by atoms with Crippen LogP contribution >= 0.6 is 12.4 Å². The minimum atomic E-state index is 0. The molecular formula is C14H17ClN4. The molecule has 0 saturated heterocycles. The summed E-state index contributed by atoms with van der Waals surface area (Å²) in [5.74, 6) is 0.782. The predicted molar refractivity (Wildman–Crippen MR) is 79.2 cm³/mol. The molecule has 100 valence electrons. The second-order valence-corrected chi connectivity index (χ2v) is 4.60. The van der Waals surface area contributed by atoms with Crippen molar-refractivity contribution < 1.29 is 0 Å². The molecule has 0 radical (unpaired) electrons. The van der Waals surface area contributed by atoms with Gasteiger partial charge in [-0.05, 0) is 55.3 Å². The first kappa shape index (κ1) is 13.8. The van der Waals surface area contributed by atoms with Gasteiger partial charge in [-0.25, -0.2) is 0 Å². The molecule has 0 amide bonds. The van der Waals surface area contributed by atoms with Crippen LogP contribution in [0.4, 0.5) is 11.5 Å². The summed E-state index contributed by atoms with van der Waals surface area (Å²) in [6.45, 7) is 3.95. The molecule has 1 aromatic carbocycles. The number of fused-ring (bicyclic) bond motifs is 1. The predicted octanol–water partition coefficient (Wildman–Crippen LogP) is 2.60. The maximum atomic E-state index is 4.11. The fourth-order valence-corrected chi connectivity index (χ4v) is 2.17. The normalized spacial score (nSPS) is 13.3. The summed E-state index contributed by atoms with van der Waals surface area (Å²) in [4.78, 5) is 0. The van der Waals surface area contributed by atoms with E-state index in [1.54, 1.807) is 0 Å². The van der Waals surface area contributed by atoms with Crippen molar-refractivity contribution in [1.29, 1.82) is 0 Å². The molecule has 1 aliphatic heterocycles. The topological polar surface area (TPSA) is 49.8 Å². The van der Waals surface area contributed by atoms with Gasteiger partial charge in [-0.3, -0.25) is 0 Å². The zero-order valence-electron chi connectivity index (χ0n) is 10.8. The number of hydrogen-bond donors (Lipinski definition) is 2. The summed E-state index contributed by atoms with van der Waals surface area (Å²) in [6, 6.07) is 10.4. The monoisotopic (exact) mass is 276 g/mol. The van der Waals surface area contributed by atoms with E-state index in [1.165, 1.54) is 11.1 Å². The number of benzene rings is 1. The molecule has 0 atom stereocenters. The van der Waals surface area contributed by atoms with Crippen molar-refractivity contribution in [3.05, 3.63) is 47.2 Å². The lowest BCUT2D eigenvalue weighted by atomic mass is 10.0. The second-order valence-electron chi connectivity index (χ2n) is 4.60. The van der Waals surface area contributed by atoms with Crippen LogP contribution in [0.1, 0.15) is 16.8 Å². The zero-order valence-corrected chi connectivity index (χ0v) is 11.6. The van der Waals surface area contributed by atoms with Crippen LogP contribution < -0.4 is 10.6 Å². The molecule has 0 saturated carbocycles. The molecule has 0 fully saturated rings. The zero-order chi connectivity index (χ0) is 12.4. The Balaban J connectivity index is 0.00000133. The highest BCUT2D eigenvalue weighted by atomic mass is 35.5. The first-order chi connectivity index (χ1) is 8.81. The van der Waals surface area contributed by atoms with Crippen LogP contribution in [0.15, 0.2) is 30.3 Å². The first-order valence-electron chi connectivity index (χ1n) is 6.21. The molecule has 2 N–H and O–H groups in total. The third kappa shape index (κ3) is 3.22. The van der Waals surface area contributed by atoms with Gasteiger partial charge in [0.1, 0.15) is 0 Å². The molecular weight excluding hydrogens is 260 g/mol. The van der Waals surface area contributed by atoms with Crippen molar-refractivity contribution in [2.24, 2.45) is 0 Å². The third-order valence-corrected chi connectivity index (χ3v) is 3.16. The summed E-state index contributed by atoms with van der Waals surface area (Å²) in [5, 5.41) is 14.8. The maximum Gasteiger partial charge on any atom is 0.153 e. The number of aryl methyl sites for hydroxylation is 1. The lowest BCUT2D eigenvalue weighted by Crippen LogP contribution is -2.23. The Bertz CT molecular complexity index is 554. The minimum absolute atomic E-state index is 0. The Hall–Kier alpha value is -1.65. The number of nitrogens with zero attached hydrogens (tertiary/aromatic N) is 2. The molecule has 1 aromatic heterocycles. The second kappa shape index (κ2) is 5.99. The van der Waals surface area contributed by atoms with Gasteiger partial charge in [0.15, 0.2) is 5.82 Å². The van der Waals surface area contributed by atoms with Crippen LogP contribution in [0, 0.1) is 6.92 Å². The summed E-state index contributed by atoms with van der Waals surface area (Å²) in [5.41, 5.74) is 4.80. The lowest BCUT2D eigenvalue weighted by molar-refractivity contribution is 0.644. The summed E-state index contributed by atoms with van der Waals surface area (Å²) < 4.78 is 0. The van der Waals surface area contributed by atoms with Gasteiger partial charge in [0.2, 0.25) is 0 Å². The Morgan fingerprint density at radius 1 is 1.11 bits per heavy atom. The van der Waals surface area contributed by atoms with E-state index in [-0.39, 0.29) is 12.4 Å². The highest BCUT2D eigenvalue weighted by molar-refractivity contribution is 5.85. The molecule has 2 heterocycles. The molecule has 0 aliphatic carbocycles. The molecule has 3 rings (SSSR count). The highest BCUT2D eigenvalue weighted by Crippen LogP contribution is 2.21. The van der Waals surface area contributed by atoms with E-state index in [2.05, 4.69) is 39.0 Å². The number of hydrogen-bond acceptors (Lipinski definition) is 4. The number of halogens is 1. The van der Waals surface area contributed by atoms with Gasteiger partial charge < -0.3 is 10.6 Å². The Morgan fingerprint density at radius 3 is 2.79 bits per heavy atom. The van der Waals surface area contributed by atoms with Crippen LogP contribution in [-0.4, -0.2) is 16.7 Å². The van der Waals surface area contributed by atoms with Crippen LogP contribution in [0.2, 0.25) is 0 Å². The van der Waals surface area contributed by atoms with E-state index in [0.29, 0.717) is 0 Å². The van der Waals surface area contributed by atoms with Gasteiger partial charge in [-0.15, -0.1) is 17.5 Å². The average molecular weight is 277 g/mol. The Kier molecular flexibility index (Phi) is 4.35.